The molecule has 1 unspecified atom stereocenters. The van der Waals surface area contributed by atoms with Crippen LogP contribution in [0.25, 0.3) is 16.6 Å². The summed E-state index contributed by atoms with van der Waals surface area (Å²) in [6.45, 7) is 6.17. The van der Waals surface area contributed by atoms with Crippen LogP contribution in [0.15, 0.2) is 71.5 Å². The van der Waals surface area contributed by atoms with E-state index in [1.807, 2.05) is 38.1 Å². The van der Waals surface area contributed by atoms with Crippen LogP contribution >= 0.6 is 0 Å². The Morgan fingerprint density at radius 2 is 1.83 bits per heavy atom. The number of halogens is 1. The Hall–Kier alpha value is -4.04. The minimum atomic E-state index is -0.648. The summed E-state index contributed by atoms with van der Waals surface area (Å²) in [5.74, 6) is -0.147. The molecule has 0 fully saturated rings. The van der Waals surface area contributed by atoms with Gasteiger partial charge in [0.2, 0.25) is 0 Å². The molecule has 0 aliphatic heterocycles. The molecule has 8 heteroatoms. The molecule has 0 aliphatic rings. The normalized spacial score (nSPS) is 11.9. The van der Waals surface area contributed by atoms with Gasteiger partial charge in [-0.15, -0.1) is 0 Å². The number of hydrogen-bond acceptors (Lipinski definition) is 4. The molecule has 36 heavy (non-hydrogen) atoms. The average molecular weight is 489 g/mol. The molecule has 1 N–H and O–H groups in total. The maximum absolute atomic E-state index is 14.3. The van der Waals surface area contributed by atoms with Crippen LogP contribution in [-0.2, 0) is 4.74 Å². The van der Waals surface area contributed by atoms with Crippen LogP contribution in [-0.4, -0.2) is 40.7 Å². The number of nitrogens with zero attached hydrogens (tertiary/aromatic N) is 3. The van der Waals surface area contributed by atoms with Gasteiger partial charge < -0.3 is 15.0 Å². The van der Waals surface area contributed by atoms with Gasteiger partial charge in [0.05, 0.1) is 34.9 Å². The van der Waals surface area contributed by atoms with Crippen LogP contribution in [0.3, 0.4) is 0 Å². The molecule has 4 rings (SSSR count). The molecule has 0 saturated heterocycles. The number of anilines is 1. The van der Waals surface area contributed by atoms with Gasteiger partial charge in [-0.3, -0.25) is 9.36 Å². The Kier molecular flexibility index (Phi) is 7.45. The molecule has 1 heterocycles. The van der Waals surface area contributed by atoms with Crippen molar-refractivity contribution in [2.24, 2.45) is 0 Å². The molecule has 1 aromatic heterocycles. The molecule has 3 aromatic carbocycles. The number of aromatic nitrogens is 2. The maximum Gasteiger partial charge on any atom is 0.322 e. The monoisotopic (exact) mass is 488 g/mol. The number of para-hydroxylation sites is 2. The van der Waals surface area contributed by atoms with Crippen LogP contribution in [0.5, 0.6) is 0 Å². The van der Waals surface area contributed by atoms with E-state index in [2.05, 4.69) is 5.32 Å². The van der Waals surface area contributed by atoms with Gasteiger partial charge in [0.15, 0.2) is 0 Å². The fourth-order valence-corrected chi connectivity index (χ4v) is 4.27. The number of urea groups is 1. The Labute approximate surface area is 209 Å². The summed E-state index contributed by atoms with van der Waals surface area (Å²) in [5.41, 5.74) is 3.03. The second kappa shape index (κ2) is 10.7. The fourth-order valence-electron chi connectivity index (χ4n) is 4.27. The number of rotatable bonds is 7. The highest BCUT2D eigenvalue weighted by atomic mass is 19.1. The number of carbonyl (C=O) groups excluding carboxylic acids is 1. The topological polar surface area (TPSA) is 76.5 Å². The van der Waals surface area contributed by atoms with Gasteiger partial charge in [-0.25, -0.2) is 14.2 Å². The molecule has 0 bridgehead atoms. The second-order valence-corrected chi connectivity index (χ2v) is 8.69. The Morgan fingerprint density at radius 1 is 1.11 bits per heavy atom. The standard InChI is InChI=1S/C28H29FN4O3/c1-18-13-14-25(19(2)17-18)33-26(30-23-11-7-5-9-21(23)27(33)34)20(3)32(15-16-36-4)28(35)31-24-12-8-6-10-22(24)29/h5-14,17,20H,15-16H2,1-4H3,(H,31,35). The van der Waals surface area contributed by atoms with Gasteiger partial charge in [-0.1, -0.05) is 42.0 Å². The minimum Gasteiger partial charge on any atom is -0.383 e. The third-order valence-corrected chi connectivity index (χ3v) is 6.15. The van der Waals surface area contributed by atoms with E-state index in [0.29, 0.717) is 22.4 Å². The number of hydrogen-bond donors (Lipinski definition) is 1. The molecular formula is C28H29FN4O3. The zero-order valence-electron chi connectivity index (χ0n) is 20.8. The van der Waals surface area contributed by atoms with Crippen molar-refractivity contribution in [1.29, 1.82) is 0 Å². The highest BCUT2D eigenvalue weighted by Gasteiger charge is 2.27. The van der Waals surface area contributed by atoms with Crippen molar-refractivity contribution in [2.75, 3.05) is 25.6 Å². The number of nitrogens with one attached hydrogen (secondary N) is 1. The molecule has 186 valence electrons. The minimum absolute atomic E-state index is 0.0651. The van der Waals surface area contributed by atoms with Crippen molar-refractivity contribution in [3.63, 3.8) is 0 Å². The average Bonchev–Trinajstić information content (AvgIpc) is 2.86. The van der Waals surface area contributed by atoms with Crippen molar-refractivity contribution in [3.8, 4) is 5.69 Å². The Balaban J connectivity index is 1.86. The smallest absolute Gasteiger partial charge is 0.322 e. The third kappa shape index (κ3) is 4.99. The number of benzene rings is 3. The highest BCUT2D eigenvalue weighted by molar-refractivity contribution is 5.89. The number of amides is 2. The summed E-state index contributed by atoms with van der Waals surface area (Å²) >= 11 is 0. The lowest BCUT2D eigenvalue weighted by molar-refractivity contribution is 0.137. The predicted octanol–water partition coefficient (Wildman–Crippen LogP) is 5.38. The van der Waals surface area contributed by atoms with E-state index in [9.17, 15) is 14.0 Å². The molecule has 0 saturated carbocycles. The summed E-state index contributed by atoms with van der Waals surface area (Å²) < 4.78 is 21.1. The first-order chi connectivity index (χ1) is 17.3. The summed E-state index contributed by atoms with van der Waals surface area (Å²) in [6, 6.07) is 17.7. The van der Waals surface area contributed by atoms with E-state index in [-0.39, 0.29) is 24.4 Å². The first kappa shape index (κ1) is 25.1. The first-order valence-electron chi connectivity index (χ1n) is 11.7. The van der Waals surface area contributed by atoms with Gasteiger partial charge >= 0.3 is 6.03 Å². The zero-order valence-corrected chi connectivity index (χ0v) is 20.8. The van der Waals surface area contributed by atoms with E-state index in [0.717, 1.165) is 11.1 Å². The Bertz CT molecular complexity index is 1470. The van der Waals surface area contributed by atoms with Gasteiger partial charge in [-0.2, -0.15) is 0 Å². The number of carbonyl (C=O) groups is 1. The van der Waals surface area contributed by atoms with Crippen molar-refractivity contribution in [2.45, 2.75) is 26.8 Å². The summed E-state index contributed by atoms with van der Waals surface area (Å²) in [6.07, 6.45) is 0. The van der Waals surface area contributed by atoms with Crippen molar-refractivity contribution in [3.05, 3.63) is 99.9 Å². The van der Waals surface area contributed by atoms with Gasteiger partial charge in [0, 0.05) is 13.7 Å². The lowest BCUT2D eigenvalue weighted by Crippen LogP contribution is -2.41. The molecule has 0 aliphatic carbocycles. The molecular weight excluding hydrogens is 459 g/mol. The fraction of sp³-hybridized carbons (Fsp3) is 0.250. The molecule has 7 nitrogen and oxygen atoms in total. The van der Waals surface area contributed by atoms with Crippen LogP contribution in [0.4, 0.5) is 14.9 Å². The van der Waals surface area contributed by atoms with E-state index in [1.54, 1.807) is 41.8 Å². The van der Waals surface area contributed by atoms with E-state index in [4.69, 9.17) is 9.72 Å². The SMILES string of the molecule is COCCN(C(=O)Nc1ccccc1F)C(C)c1nc2ccccc2c(=O)n1-c1ccc(C)cc1C. The molecule has 1 atom stereocenters. The van der Waals surface area contributed by atoms with Gasteiger partial charge in [0.25, 0.3) is 5.56 Å². The van der Waals surface area contributed by atoms with E-state index >= 15 is 0 Å². The number of methoxy groups -OCH3 is 1. The van der Waals surface area contributed by atoms with Crippen LogP contribution in [0.1, 0.15) is 29.9 Å². The van der Waals surface area contributed by atoms with Gasteiger partial charge in [0.1, 0.15) is 11.6 Å². The number of aryl methyl sites for hydroxylation is 2. The summed E-state index contributed by atoms with van der Waals surface area (Å²) in [7, 11) is 1.54. The molecule has 0 spiro atoms. The summed E-state index contributed by atoms with van der Waals surface area (Å²) in [5, 5.41) is 3.12. The van der Waals surface area contributed by atoms with Crippen LogP contribution in [0.2, 0.25) is 0 Å². The van der Waals surface area contributed by atoms with E-state index < -0.39 is 17.9 Å². The maximum atomic E-state index is 14.3. The molecule has 4 aromatic rings. The molecule has 2 amide bonds. The number of fused-ring (bicyclic) bond motifs is 1. The quantitative estimate of drug-likeness (QED) is 0.379. The third-order valence-electron chi connectivity index (χ3n) is 6.15. The van der Waals surface area contributed by atoms with Crippen molar-refractivity contribution in [1.82, 2.24) is 14.5 Å². The van der Waals surface area contributed by atoms with Crippen molar-refractivity contribution < 1.29 is 13.9 Å². The lowest BCUT2D eigenvalue weighted by atomic mass is 10.1. The van der Waals surface area contributed by atoms with E-state index in [1.165, 1.54) is 24.1 Å². The summed E-state index contributed by atoms with van der Waals surface area (Å²) in [4.78, 5) is 33.5. The first-order valence-corrected chi connectivity index (χ1v) is 11.7. The lowest BCUT2D eigenvalue weighted by Gasteiger charge is -2.30. The Morgan fingerprint density at radius 3 is 2.56 bits per heavy atom. The molecule has 0 radical (unpaired) electrons. The zero-order chi connectivity index (χ0) is 25.8. The van der Waals surface area contributed by atoms with Crippen LogP contribution < -0.4 is 10.9 Å². The largest absolute Gasteiger partial charge is 0.383 e. The van der Waals surface area contributed by atoms with Gasteiger partial charge in [-0.05, 0) is 56.7 Å². The second-order valence-electron chi connectivity index (χ2n) is 8.69. The number of ether oxygens (including phenoxy) is 1. The van der Waals surface area contributed by atoms with Crippen molar-refractivity contribution >= 4 is 22.6 Å². The van der Waals surface area contributed by atoms with Crippen LogP contribution in [0, 0.1) is 19.7 Å². The highest BCUT2D eigenvalue weighted by Crippen LogP contribution is 2.26. The predicted molar refractivity (Wildman–Crippen MR) is 139 cm³/mol.